The van der Waals surface area contributed by atoms with Gasteiger partial charge in [0.25, 0.3) is 0 Å². The molecule has 0 bridgehead atoms. The number of hydrogen-bond acceptors (Lipinski definition) is 3. The predicted octanol–water partition coefficient (Wildman–Crippen LogP) is 3.26. The van der Waals surface area contributed by atoms with E-state index in [0.717, 1.165) is 12.8 Å². The second-order valence-electron chi connectivity index (χ2n) is 7.14. The molecule has 2 amide bonds. The Morgan fingerprint density at radius 2 is 1.96 bits per heavy atom. The first-order valence-electron chi connectivity index (χ1n) is 9.38. The van der Waals surface area contributed by atoms with Crippen molar-refractivity contribution in [2.45, 2.75) is 45.6 Å². The summed E-state index contributed by atoms with van der Waals surface area (Å²) in [6.45, 7) is 4.92. The van der Waals surface area contributed by atoms with Crippen LogP contribution in [0.3, 0.4) is 0 Å². The van der Waals surface area contributed by atoms with Gasteiger partial charge in [0.2, 0.25) is 11.8 Å². The molecule has 1 saturated heterocycles. The van der Waals surface area contributed by atoms with Gasteiger partial charge >= 0.3 is 5.97 Å². The van der Waals surface area contributed by atoms with Crippen LogP contribution < -0.4 is 5.32 Å². The molecule has 0 aliphatic carbocycles. The van der Waals surface area contributed by atoms with Crippen LogP contribution in [0.5, 0.6) is 0 Å². The molecule has 27 heavy (non-hydrogen) atoms. The van der Waals surface area contributed by atoms with Crippen LogP contribution in [0.1, 0.15) is 51.1 Å². The molecule has 2 unspecified atom stereocenters. The predicted molar refractivity (Wildman–Crippen MR) is 103 cm³/mol. The number of hydrogen-bond donors (Lipinski definition) is 2. The third kappa shape index (κ3) is 5.96. The molecule has 1 heterocycles. The quantitative estimate of drug-likeness (QED) is 0.743. The van der Waals surface area contributed by atoms with Crippen LogP contribution in [0, 0.1) is 11.8 Å². The summed E-state index contributed by atoms with van der Waals surface area (Å²) in [4.78, 5) is 38.2. The number of carbonyl (C=O) groups is 3. The molecule has 6 nitrogen and oxygen atoms in total. The lowest BCUT2D eigenvalue weighted by Gasteiger charge is -2.34. The average molecular weight is 395 g/mol. The summed E-state index contributed by atoms with van der Waals surface area (Å²) in [6.07, 6.45) is 2.01. The van der Waals surface area contributed by atoms with Gasteiger partial charge in [-0.05, 0) is 37.0 Å². The van der Waals surface area contributed by atoms with Crippen molar-refractivity contribution in [3.05, 3.63) is 34.9 Å². The first-order chi connectivity index (χ1) is 12.8. The Labute approximate surface area is 164 Å². The summed E-state index contributed by atoms with van der Waals surface area (Å²) in [5, 5.41) is 12.6. The number of nitrogens with one attached hydrogen (secondary N) is 1. The van der Waals surface area contributed by atoms with Crippen LogP contribution in [-0.4, -0.2) is 40.9 Å². The Morgan fingerprint density at radius 3 is 2.56 bits per heavy atom. The first kappa shape index (κ1) is 21.2. The van der Waals surface area contributed by atoms with E-state index in [2.05, 4.69) is 5.32 Å². The number of carboxylic acid groups (broad SMARTS) is 1. The lowest BCUT2D eigenvalue weighted by Crippen LogP contribution is -2.47. The zero-order chi connectivity index (χ0) is 20.0. The molecule has 1 aromatic carbocycles. The zero-order valence-corrected chi connectivity index (χ0v) is 16.5. The number of rotatable bonds is 7. The third-order valence-electron chi connectivity index (χ3n) is 5.11. The Morgan fingerprint density at radius 1 is 1.30 bits per heavy atom. The summed E-state index contributed by atoms with van der Waals surface area (Å²) in [7, 11) is 0. The van der Waals surface area contributed by atoms with E-state index in [4.69, 9.17) is 11.6 Å². The van der Waals surface area contributed by atoms with Gasteiger partial charge in [-0.15, -0.1) is 0 Å². The van der Waals surface area contributed by atoms with Crippen LogP contribution in [0.15, 0.2) is 24.3 Å². The number of benzene rings is 1. The first-order valence-corrected chi connectivity index (χ1v) is 9.76. The minimum Gasteiger partial charge on any atom is -0.481 e. The van der Waals surface area contributed by atoms with Gasteiger partial charge in [-0.25, -0.2) is 0 Å². The maximum atomic E-state index is 12.8. The van der Waals surface area contributed by atoms with E-state index in [9.17, 15) is 19.5 Å². The van der Waals surface area contributed by atoms with E-state index in [-0.39, 0.29) is 30.1 Å². The van der Waals surface area contributed by atoms with E-state index in [1.807, 2.05) is 13.8 Å². The molecule has 1 fully saturated rings. The van der Waals surface area contributed by atoms with Crippen molar-refractivity contribution < 1.29 is 19.5 Å². The summed E-state index contributed by atoms with van der Waals surface area (Å²) in [5.74, 6) is -1.50. The minimum absolute atomic E-state index is 0.0550. The van der Waals surface area contributed by atoms with E-state index in [1.54, 1.807) is 29.2 Å². The number of piperidine rings is 1. The summed E-state index contributed by atoms with van der Waals surface area (Å²) < 4.78 is 0. The van der Waals surface area contributed by atoms with Crippen molar-refractivity contribution in [2.24, 2.45) is 11.8 Å². The third-order valence-corrected chi connectivity index (χ3v) is 5.36. The second kappa shape index (κ2) is 9.74. The van der Waals surface area contributed by atoms with Gasteiger partial charge in [-0.3, -0.25) is 14.4 Å². The Kier molecular flexibility index (Phi) is 7.66. The van der Waals surface area contributed by atoms with Crippen molar-refractivity contribution >= 4 is 29.4 Å². The summed E-state index contributed by atoms with van der Waals surface area (Å²) >= 11 is 5.89. The largest absolute Gasteiger partial charge is 0.481 e. The average Bonchev–Trinajstić information content (AvgIpc) is 2.66. The van der Waals surface area contributed by atoms with Gasteiger partial charge in [0, 0.05) is 24.0 Å². The molecular formula is C20H27ClN2O4. The Balaban J connectivity index is 2.06. The van der Waals surface area contributed by atoms with Gasteiger partial charge in [0.1, 0.15) is 0 Å². The van der Waals surface area contributed by atoms with Gasteiger partial charge in [0.05, 0.1) is 18.4 Å². The van der Waals surface area contributed by atoms with Crippen LogP contribution in [0.25, 0.3) is 0 Å². The molecule has 1 aliphatic rings. The number of aliphatic carboxylic acids is 1. The molecule has 0 radical (unpaired) electrons. The lowest BCUT2D eigenvalue weighted by molar-refractivity contribution is -0.139. The maximum Gasteiger partial charge on any atom is 0.305 e. The molecule has 1 aromatic rings. The Bertz CT molecular complexity index is 677. The highest BCUT2D eigenvalue weighted by Gasteiger charge is 2.31. The highest BCUT2D eigenvalue weighted by Crippen LogP contribution is 2.23. The maximum absolute atomic E-state index is 12.8. The molecular weight excluding hydrogens is 368 g/mol. The zero-order valence-electron chi connectivity index (χ0n) is 15.8. The van der Waals surface area contributed by atoms with Gasteiger partial charge in [-0.2, -0.15) is 0 Å². The van der Waals surface area contributed by atoms with Crippen molar-refractivity contribution in [3.63, 3.8) is 0 Å². The standard InChI is InChI=1S/C20H27ClN2O4/c1-3-13(2)20(27)23-10-4-5-15(12-23)19(26)22-17(11-18(24)25)14-6-8-16(21)9-7-14/h6-9,13,15,17H,3-5,10-12H2,1-2H3,(H,22,26)(H,24,25)/t13?,15?,17-/m0/s1. The van der Waals surface area contributed by atoms with Crippen LogP contribution >= 0.6 is 11.6 Å². The minimum atomic E-state index is -0.993. The molecule has 2 N–H and O–H groups in total. The SMILES string of the molecule is CCC(C)C(=O)N1CCCC(C(=O)N[C@@H](CC(=O)O)c2ccc(Cl)cc2)C1. The van der Waals surface area contributed by atoms with Crippen LogP contribution in [-0.2, 0) is 14.4 Å². The molecule has 1 aliphatic heterocycles. The monoisotopic (exact) mass is 394 g/mol. The van der Waals surface area contributed by atoms with E-state index in [0.29, 0.717) is 30.1 Å². The smallest absolute Gasteiger partial charge is 0.305 e. The number of amides is 2. The molecule has 2 rings (SSSR count). The molecule has 0 aromatic heterocycles. The van der Waals surface area contributed by atoms with E-state index < -0.39 is 12.0 Å². The van der Waals surface area contributed by atoms with Crippen LogP contribution in [0.2, 0.25) is 5.02 Å². The lowest BCUT2D eigenvalue weighted by atomic mass is 9.94. The van der Waals surface area contributed by atoms with Crippen molar-refractivity contribution in [1.82, 2.24) is 10.2 Å². The molecule has 7 heteroatoms. The van der Waals surface area contributed by atoms with E-state index >= 15 is 0 Å². The molecule has 0 spiro atoms. The Hall–Kier alpha value is -2.08. The fourth-order valence-electron chi connectivity index (χ4n) is 3.29. The molecule has 3 atom stereocenters. The summed E-state index contributed by atoms with van der Waals surface area (Å²) in [5.41, 5.74) is 0.693. The van der Waals surface area contributed by atoms with Gasteiger partial charge in [-0.1, -0.05) is 37.6 Å². The highest BCUT2D eigenvalue weighted by molar-refractivity contribution is 6.30. The normalized spacial score (nSPS) is 19.2. The van der Waals surface area contributed by atoms with E-state index in [1.165, 1.54) is 0 Å². The number of carbonyl (C=O) groups excluding carboxylic acids is 2. The second-order valence-corrected chi connectivity index (χ2v) is 7.58. The number of carboxylic acids is 1. The van der Waals surface area contributed by atoms with Crippen LogP contribution in [0.4, 0.5) is 0 Å². The summed E-state index contributed by atoms with van der Waals surface area (Å²) in [6, 6.07) is 6.15. The fourth-order valence-corrected chi connectivity index (χ4v) is 3.42. The number of likely N-dealkylation sites (tertiary alicyclic amines) is 1. The van der Waals surface area contributed by atoms with Gasteiger partial charge < -0.3 is 15.3 Å². The van der Waals surface area contributed by atoms with Gasteiger partial charge in [0.15, 0.2) is 0 Å². The highest BCUT2D eigenvalue weighted by atomic mass is 35.5. The van der Waals surface area contributed by atoms with Crippen molar-refractivity contribution in [1.29, 1.82) is 0 Å². The molecule has 0 saturated carbocycles. The topological polar surface area (TPSA) is 86.7 Å². The molecule has 148 valence electrons. The van der Waals surface area contributed by atoms with Crippen molar-refractivity contribution in [2.75, 3.05) is 13.1 Å². The number of nitrogens with zero attached hydrogens (tertiary/aromatic N) is 1. The number of halogens is 1. The van der Waals surface area contributed by atoms with Crippen molar-refractivity contribution in [3.8, 4) is 0 Å². The fraction of sp³-hybridized carbons (Fsp3) is 0.550.